The van der Waals surface area contributed by atoms with Gasteiger partial charge in [-0.25, -0.2) is 0 Å². The summed E-state index contributed by atoms with van der Waals surface area (Å²) in [5.74, 6) is -1.38. The molecule has 2 N–H and O–H groups in total. The van der Waals surface area contributed by atoms with Gasteiger partial charge in [-0.05, 0) is 25.1 Å². The first-order chi connectivity index (χ1) is 15.0. The summed E-state index contributed by atoms with van der Waals surface area (Å²) in [5, 5.41) is 13.9. The molecule has 2 amide bonds. The van der Waals surface area contributed by atoms with Gasteiger partial charge in [-0.2, -0.15) is 18.4 Å². The number of nitrogens with one attached hydrogen (secondary N) is 2. The molecule has 170 valence electrons. The van der Waals surface area contributed by atoms with Crippen molar-refractivity contribution < 1.29 is 22.8 Å². The number of nitriles is 1. The number of carbonyl (C=O) groups excluding carboxylic acids is 2. The fourth-order valence-electron chi connectivity index (χ4n) is 2.59. The Kier molecular flexibility index (Phi) is 7.82. The van der Waals surface area contributed by atoms with Crippen molar-refractivity contribution in [2.75, 3.05) is 23.8 Å². The van der Waals surface area contributed by atoms with E-state index in [0.717, 1.165) is 15.9 Å². The number of benzene rings is 1. The lowest BCUT2D eigenvalue weighted by Gasteiger charge is -2.15. The highest BCUT2D eigenvalue weighted by Crippen LogP contribution is 2.18. The summed E-state index contributed by atoms with van der Waals surface area (Å²) in [5.41, 5.74) is 0.104. The van der Waals surface area contributed by atoms with Crippen LogP contribution in [0.5, 0.6) is 0 Å². The quantitative estimate of drug-likeness (QED) is 0.662. The molecule has 32 heavy (non-hydrogen) atoms. The van der Waals surface area contributed by atoms with Crippen LogP contribution in [0.2, 0.25) is 0 Å². The number of alkyl halides is 3. The highest BCUT2D eigenvalue weighted by Gasteiger charge is 2.28. The van der Waals surface area contributed by atoms with Crippen molar-refractivity contribution in [1.29, 1.82) is 5.26 Å². The van der Waals surface area contributed by atoms with E-state index in [4.69, 9.17) is 0 Å². The van der Waals surface area contributed by atoms with Crippen LogP contribution < -0.4 is 30.3 Å². The molecule has 0 fully saturated rings. The van der Waals surface area contributed by atoms with Gasteiger partial charge in [-0.3, -0.25) is 19.0 Å². The van der Waals surface area contributed by atoms with E-state index in [-0.39, 0.29) is 21.6 Å². The highest BCUT2D eigenvalue weighted by atomic mass is 32.1. The van der Waals surface area contributed by atoms with Crippen LogP contribution in [-0.4, -0.2) is 36.2 Å². The molecule has 1 aromatic carbocycles. The molecule has 0 radical (unpaired) electrons. The van der Waals surface area contributed by atoms with Gasteiger partial charge in [0, 0.05) is 38.1 Å². The average molecular weight is 467 g/mol. The monoisotopic (exact) mass is 467 g/mol. The van der Waals surface area contributed by atoms with Gasteiger partial charge in [0.2, 0.25) is 5.91 Å². The van der Waals surface area contributed by atoms with Crippen LogP contribution in [0.4, 0.5) is 24.5 Å². The van der Waals surface area contributed by atoms with Gasteiger partial charge >= 0.3 is 6.18 Å². The van der Waals surface area contributed by atoms with Gasteiger partial charge in [0.1, 0.15) is 21.8 Å². The third kappa shape index (κ3) is 5.98. The molecule has 12 heteroatoms. The summed E-state index contributed by atoms with van der Waals surface area (Å²) in [7, 11) is 1.61. The van der Waals surface area contributed by atoms with Crippen LogP contribution >= 0.6 is 11.3 Å². The standard InChI is InChI=1S/C20H20F3N5O3S/c1-4-28-18(31)16(10-25-13-6-5-7-14(8-13)27(3)12(2)29)32-19(28)15(9-24)17(30)26-11-20(21,22)23/h5-8,10,25H,4,11H2,1-3H3,(H,26,30)/b16-10+,19-15-. The summed E-state index contributed by atoms with van der Waals surface area (Å²) in [6.45, 7) is 1.54. The first-order valence-electron chi connectivity index (χ1n) is 9.28. The van der Waals surface area contributed by atoms with Crippen molar-refractivity contribution in [3.8, 4) is 6.07 Å². The number of carbonyl (C=O) groups is 2. The summed E-state index contributed by atoms with van der Waals surface area (Å²) in [4.78, 5) is 37.8. The largest absolute Gasteiger partial charge is 0.405 e. The number of hydrogen-bond donors (Lipinski definition) is 2. The number of aromatic nitrogens is 1. The van der Waals surface area contributed by atoms with E-state index >= 15 is 0 Å². The minimum atomic E-state index is -4.63. The van der Waals surface area contributed by atoms with Gasteiger partial charge in [-0.15, -0.1) is 11.3 Å². The van der Waals surface area contributed by atoms with Gasteiger partial charge < -0.3 is 15.5 Å². The predicted octanol–water partition coefficient (Wildman–Crippen LogP) is 1.12. The molecule has 0 atom stereocenters. The van der Waals surface area contributed by atoms with Crippen molar-refractivity contribution >= 4 is 46.3 Å². The summed E-state index contributed by atoms with van der Waals surface area (Å²) in [6, 6.07) is 8.42. The number of nitrogens with zero attached hydrogens (tertiary/aromatic N) is 3. The molecule has 0 aliphatic carbocycles. The molecule has 0 aliphatic rings. The first-order valence-corrected chi connectivity index (χ1v) is 10.1. The molecule has 0 unspecified atom stereocenters. The molecule has 0 spiro atoms. The fraction of sp³-hybridized carbons (Fsp3) is 0.300. The second-order valence-electron chi connectivity index (χ2n) is 6.52. The zero-order valence-electron chi connectivity index (χ0n) is 17.4. The number of thiazole rings is 1. The third-order valence-electron chi connectivity index (χ3n) is 4.30. The molecule has 0 saturated heterocycles. The van der Waals surface area contributed by atoms with Gasteiger partial charge in [0.15, 0.2) is 5.57 Å². The van der Waals surface area contributed by atoms with E-state index in [1.54, 1.807) is 49.6 Å². The zero-order chi connectivity index (χ0) is 24.1. The molecule has 2 aromatic rings. The number of anilines is 2. The van der Waals surface area contributed by atoms with Crippen LogP contribution in [0, 0.1) is 11.3 Å². The molecular formula is C20H20F3N5O3S. The Morgan fingerprint density at radius 1 is 1.34 bits per heavy atom. The fourth-order valence-corrected chi connectivity index (χ4v) is 3.68. The SMILES string of the molecule is CCn1c(=O)/c(=C\Nc2cccc(N(C)C(C)=O)c2)s/c1=C(/C#N)C(=O)NCC(F)(F)F. The Morgan fingerprint density at radius 3 is 2.59 bits per heavy atom. The van der Waals surface area contributed by atoms with E-state index in [1.807, 2.05) is 0 Å². The Labute approximate surface area is 184 Å². The maximum atomic E-state index is 12.7. The van der Waals surface area contributed by atoms with Crippen LogP contribution in [0.3, 0.4) is 0 Å². The number of halogens is 3. The summed E-state index contributed by atoms with van der Waals surface area (Å²) >= 11 is 0.806. The normalized spacial score (nSPS) is 12.7. The Morgan fingerprint density at radius 2 is 2.03 bits per heavy atom. The Balaban J connectivity index is 2.47. The van der Waals surface area contributed by atoms with E-state index < -0.39 is 29.8 Å². The smallest absolute Gasteiger partial charge is 0.360 e. The Hall–Kier alpha value is -3.59. The van der Waals surface area contributed by atoms with Crippen LogP contribution in [0.25, 0.3) is 11.8 Å². The van der Waals surface area contributed by atoms with Crippen molar-refractivity contribution in [3.63, 3.8) is 0 Å². The number of hydrogen-bond acceptors (Lipinski definition) is 6. The molecule has 0 saturated carbocycles. The summed E-state index contributed by atoms with van der Waals surface area (Å²) in [6.07, 6.45) is -3.26. The summed E-state index contributed by atoms with van der Waals surface area (Å²) < 4.78 is 38.4. The van der Waals surface area contributed by atoms with Crippen LogP contribution in [0.1, 0.15) is 13.8 Å². The molecule has 1 heterocycles. The average Bonchev–Trinajstić information content (AvgIpc) is 3.05. The lowest BCUT2D eigenvalue weighted by Crippen LogP contribution is -2.37. The minimum Gasteiger partial charge on any atom is -0.360 e. The van der Waals surface area contributed by atoms with E-state index in [1.165, 1.54) is 18.0 Å². The van der Waals surface area contributed by atoms with Crippen LogP contribution in [-0.2, 0) is 16.1 Å². The second kappa shape index (κ2) is 10.1. The number of amides is 2. The van der Waals surface area contributed by atoms with Crippen LogP contribution in [0.15, 0.2) is 29.1 Å². The van der Waals surface area contributed by atoms with E-state index in [9.17, 15) is 32.8 Å². The Bertz CT molecular complexity index is 1240. The van der Waals surface area contributed by atoms with Crippen molar-refractivity contribution in [3.05, 3.63) is 43.8 Å². The first kappa shape index (κ1) is 24.7. The zero-order valence-corrected chi connectivity index (χ0v) is 18.2. The predicted molar refractivity (Wildman–Crippen MR) is 115 cm³/mol. The van der Waals surface area contributed by atoms with Gasteiger partial charge in [0.05, 0.1) is 0 Å². The second-order valence-corrected chi connectivity index (χ2v) is 7.55. The molecule has 0 aliphatic heterocycles. The third-order valence-corrected chi connectivity index (χ3v) is 5.43. The topological polar surface area (TPSA) is 107 Å². The minimum absolute atomic E-state index is 0.0437. The molecule has 1 aromatic heterocycles. The lowest BCUT2D eigenvalue weighted by molar-refractivity contribution is -0.135. The van der Waals surface area contributed by atoms with E-state index in [2.05, 4.69) is 5.32 Å². The number of rotatable bonds is 6. The maximum Gasteiger partial charge on any atom is 0.405 e. The van der Waals surface area contributed by atoms with Crippen molar-refractivity contribution in [2.45, 2.75) is 26.6 Å². The maximum absolute atomic E-state index is 12.7. The van der Waals surface area contributed by atoms with Gasteiger partial charge in [0.25, 0.3) is 11.5 Å². The molecular weight excluding hydrogens is 447 g/mol. The van der Waals surface area contributed by atoms with Crippen molar-refractivity contribution in [2.24, 2.45) is 0 Å². The lowest BCUT2D eigenvalue weighted by atomic mass is 10.2. The molecule has 0 bridgehead atoms. The molecule has 8 nitrogen and oxygen atoms in total. The van der Waals surface area contributed by atoms with E-state index in [0.29, 0.717) is 11.4 Å². The van der Waals surface area contributed by atoms with Crippen molar-refractivity contribution in [1.82, 2.24) is 9.88 Å². The highest BCUT2D eigenvalue weighted by molar-refractivity contribution is 7.07. The van der Waals surface area contributed by atoms with Gasteiger partial charge in [-0.1, -0.05) is 6.07 Å². The molecule has 2 rings (SSSR count).